The third-order valence-corrected chi connectivity index (χ3v) is 7.84. The van der Waals surface area contributed by atoms with Gasteiger partial charge in [-0.1, -0.05) is 39.3 Å². The number of aliphatic hydroxyl groups is 2. The molecular weight excluding hydrogens is 542 g/mol. The van der Waals surface area contributed by atoms with Gasteiger partial charge in [-0.2, -0.15) is 4.98 Å². The topological polar surface area (TPSA) is 108 Å². The zero-order valence-corrected chi connectivity index (χ0v) is 24.6. The number of aliphatic hydroxyl groups excluding tert-OH is 1. The molecule has 9 nitrogen and oxygen atoms in total. The van der Waals surface area contributed by atoms with Gasteiger partial charge in [-0.25, -0.2) is 18.6 Å². The second-order valence-corrected chi connectivity index (χ2v) is 12.9. The number of imidazole rings is 1. The predicted octanol–water partition coefficient (Wildman–Crippen LogP) is 4.90. The molecule has 0 saturated carbocycles. The van der Waals surface area contributed by atoms with Crippen molar-refractivity contribution in [1.29, 1.82) is 0 Å². The molecule has 0 radical (unpaired) electrons. The van der Waals surface area contributed by atoms with E-state index in [0.717, 1.165) is 0 Å². The predicted molar refractivity (Wildman–Crippen MR) is 154 cm³/mol. The maximum Gasteiger partial charge on any atom is 0.329 e. The highest BCUT2D eigenvalue weighted by atomic mass is 35.5. The van der Waals surface area contributed by atoms with Crippen LogP contribution in [-0.2, 0) is 13.1 Å². The van der Waals surface area contributed by atoms with Crippen LogP contribution in [-0.4, -0.2) is 60.5 Å². The fourth-order valence-corrected chi connectivity index (χ4v) is 5.13. The molecule has 3 aromatic rings. The minimum Gasteiger partial charge on any atom is -0.396 e. The van der Waals surface area contributed by atoms with E-state index in [4.69, 9.17) is 11.6 Å². The third-order valence-electron chi connectivity index (χ3n) is 7.56. The van der Waals surface area contributed by atoms with Gasteiger partial charge in [-0.15, -0.1) is 0 Å². The molecule has 1 aliphatic heterocycles. The first-order chi connectivity index (χ1) is 18.5. The fraction of sp³-hybridized carbons (Fsp3) is 0.607. The van der Waals surface area contributed by atoms with Crippen LogP contribution in [0.5, 0.6) is 0 Å². The van der Waals surface area contributed by atoms with E-state index in [1.165, 1.54) is 20.0 Å². The van der Waals surface area contributed by atoms with Gasteiger partial charge in [0, 0.05) is 55.7 Å². The Morgan fingerprint density at radius 1 is 1.12 bits per heavy atom. The molecule has 1 saturated heterocycles. The number of alkyl halides is 2. The highest BCUT2D eigenvalue weighted by Crippen LogP contribution is 2.39. The Hall–Kier alpha value is -2.76. The van der Waals surface area contributed by atoms with Gasteiger partial charge >= 0.3 is 5.69 Å². The van der Waals surface area contributed by atoms with Gasteiger partial charge in [0.25, 0.3) is 5.92 Å². The van der Waals surface area contributed by atoms with Gasteiger partial charge in [0.2, 0.25) is 5.95 Å². The second-order valence-electron chi connectivity index (χ2n) is 12.5. The molecule has 0 amide bonds. The highest BCUT2D eigenvalue weighted by molar-refractivity contribution is 6.32. The molecule has 12 heteroatoms. The van der Waals surface area contributed by atoms with Crippen molar-refractivity contribution in [3.63, 3.8) is 0 Å². The first-order valence-corrected chi connectivity index (χ1v) is 13.9. The summed E-state index contributed by atoms with van der Waals surface area (Å²) in [5.41, 5.74) is 0.242. The number of benzene rings is 1. The van der Waals surface area contributed by atoms with Crippen LogP contribution >= 0.6 is 11.6 Å². The van der Waals surface area contributed by atoms with Crippen molar-refractivity contribution in [2.24, 2.45) is 17.3 Å². The summed E-state index contributed by atoms with van der Waals surface area (Å²) in [5.74, 6) is -3.84. The lowest BCUT2D eigenvalue weighted by Gasteiger charge is -2.41. The number of hydrogen-bond acceptors (Lipinski definition) is 7. The van der Waals surface area contributed by atoms with Crippen LogP contribution in [0.15, 0.2) is 29.2 Å². The second kappa shape index (κ2) is 10.9. The summed E-state index contributed by atoms with van der Waals surface area (Å²) < 4.78 is 32.0. The minimum absolute atomic E-state index is 0.0871. The molecular formula is C28H39ClF2N6O3. The third kappa shape index (κ3) is 6.26. The van der Waals surface area contributed by atoms with Crippen LogP contribution in [0, 0.1) is 17.3 Å². The molecule has 0 aliphatic carbocycles. The van der Waals surface area contributed by atoms with E-state index in [1.54, 1.807) is 33.9 Å². The van der Waals surface area contributed by atoms with E-state index in [2.05, 4.69) is 15.3 Å². The Balaban J connectivity index is 1.69. The van der Waals surface area contributed by atoms with Crippen molar-refractivity contribution >= 4 is 40.1 Å². The molecule has 4 rings (SSSR count). The summed E-state index contributed by atoms with van der Waals surface area (Å²) in [4.78, 5) is 24.1. The molecule has 0 unspecified atom stereocenters. The zero-order chi connectivity index (χ0) is 29.6. The molecule has 2 aromatic heterocycles. The number of aromatic nitrogens is 4. The number of halogens is 3. The van der Waals surface area contributed by atoms with Crippen molar-refractivity contribution in [3.05, 3.63) is 39.9 Å². The zero-order valence-electron chi connectivity index (χ0n) is 23.9. The number of fused-ring (bicyclic) bond motifs is 1. The highest BCUT2D eigenvalue weighted by Gasteiger charge is 2.47. The Labute approximate surface area is 237 Å². The van der Waals surface area contributed by atoms with Crippen molar-refractivity contribution in [3.8, 4) is 0 Å². The molecule has 1 aliphatic rings. The number of hydrogen-bond donors (Lipinski definition) is 3. The van der Waals surface area contributed by atoms with Crippen molar-refractivity contribution < 1.29 is 19.0 Å². The van der Waals surface area contributed by atoms with Crippen molar-refractivity contribution in [2.75, 3.05) is 29.9 Å². The number of rotatable bonds is 9. The summed E-state index contributed by atoms with van der Waals surface area (Å²) in [5, 5.41) is 23.6. The molecule has 1 fully saturated rings. The first kappa shape index (κ1) is 30.2. The Morgan fingerprint density at radius 2 is 1.77 bits per heavy atom. The summed E-state index contributed by atoms with van der Waals surface area (Å²) in [6, 6.07) is 5.43. The summed E-state index contributed by atoms with van der Waals surface area (Å²) in [6.07, 6.45) is 1.80. The summed E-state index contributed by atoms with van der Waals surface area (Å²) >= 11 is 6.42. The standard InChI is InChI=1S/C28H39ClF2N6O3/c1-17-13-35(14-18(2)28(17,30)31)24-32-12-20(29)23(34-24)33-19-7-8-21-22(11-19)36(10-9-27(5,6)40)25(39)37(21)15-26(3,4)16-38/h7-8,11-12,17-18,38,40H,9-10,13-16H2,1-6H3,(H,32,33,34)/t17-,18+. The molecule has 3 N–H and O–H groups in total. The largest absolute Gasteiger partial charge is 0.396 e. The lowest BCUT2D eigenvalue weighted by molar-refractivity contribution is -0.105. The smallest absolute Gasteiger partial charge is 0.329 e. The van der Waals surface area contributed by atoms with Crippen LogP contribution in [0.4, 0.5) is 26.2 Å². The maximum absolute atomic E-state index is 14.4. The summed E-state index contributed by atoms with van der Waals surface area (Å²) in [7, 11) is 0. The Kier molecular flexibility index (Phi) is 8.23. The molecule has 0 spiro atoms. The SMILES string of the molecule is C[C@@H]1CN(c2ncc(Cl)c(Nc3ccc4c(c3)n(CCC(C)(C)O)c(=O)n4CC(C)(C)CO)n2)C[C@H](C)C1(F)F. The molecule has 0 bridgehead atoms. The van der Waals surface area contributed by atoms with Gasteiger partial charge < -0.3 is 20.4 Å². The van der Waals surface area contributed by atoms with Gasteiger partial charge in [0.1, 0.15) is 5.02 Å². The Morgan fingerprint density at radius 3 is 2.38 bits per heavy atom. The van der Waals surface area contributed by atoms with Crippen LogP contribution < -0.4 is 15.9 Å². The van der Waals surface area contributed by atoms with Crippen LogP contribution in [0.2, 0.25) is 5.02 Å². The normalized spacial score (nSPS) is 19.8. The van der Waals surface area contributed by atoms with Gasteiger partial charge in [-0.05, 0) is 38.5 Å². The van der Waals surface area contributed by atoms with Crippen molar-refractivity contribution in [2.45, 2.75) is 72.6 Å². The van der Waals surface area contributed by atoms with Gasteiger partial charge in [0.05, 0.1) is 22.8 Å². The first-order valence-electron chi connectivity index (χ1n) is 13.5. The van der Waals surface area contributed by atoms with E-state index < -0.39 is 28.8 Å². The lowest BCUT2D eigenvalue weighted by Crippen LogP contribution is -2.52. The van der Waals surface area contributed by atoms with Crippen LogP contribution in [0.1, 0.15) is 48.0 Å². The monoisotopic (exact) mass is 580 g/mol. The minimum atomic E-state index is -2.76. The molecule has 220 valence electrons. The maximum atomic E-state index is 14.4. The van der Waals surface area contributed by atoms with Crippen LogP contribution in [0.3, 0.4) is 0 Å². The van der Waals surface area contributed by atoms with E-state index in [0.29, 0.717) is 48.0 Å². The number of nitrogens with zero attached hydrogens (tertiary/aromatic N) is 5. The Bertz CT molecular complexity index is 1420. The number of nitrogens with one attached hydrogen (secondary N) is 1. The van der Waals surface area contributed by atoms with E-state index >= 15 is 0 Å². The summed E-state index contributed by atoms with van der Waals surface area (Å²) in [6.45, 7) is 11.0. The van der Waals surface area contributed by atoms with E-state index in [9.17, 15) is 23.8 Å². The number of anilines is 3. The average molecular weight is 581 g/mol. The molecule has 2 atom stereocenters. The van der Waals surface area contributed by atoms with Gasteiger partial charge in [0.15, 0.2) is 5.82 Å². The number of piperidine rings is 1. The lowest BCUT2D eigenvalue weighted by atomic mass is 9.87. The van der Waals surface area contributed by atoms with Crippen molar-refractivity contribution in [1.82, 2.24) is 19.1 Å². The molecule has 40 heavy (non-hydrogen) atoms. The quantitative estimate of drug-likeness (QED) is 0.330. The van der Waals surface area contributed by atoms with E-state index in [-0.39, 0.29) is 30.4 Å². The van der Waals surface area contributed by atoms with E-state index in [1.807, 2.05) is 26.0 Å². The average Bonchev–Trinajstić information content (AvgIpc) is 3.11. The fourth-order valence-electron chi connectivity index (χ4n) is 4.99. The molecule has 1 aromatic carbocycles. The van der Waals surface area contributed by atoms with Crippen LogP contribution in [0.25, 0.3) is 11.0 Å². The molecule has 3 heterocycles. The number of aryl methyl sites for hydroxylation is 1. The van der Waals surface area contributed by atoms with Gasteiger partial charge in [-0.3, -0.25) is 9.13 Å².